The Labute approximate surface area is 142 Å². The van der Waals surface area contributed by atoms with Crippen LogP contribution in [0.2, 0.25) is 0 Å². The Hall–Kier alpha value is -2.12. The lowest BCUT2D eigenvalue weighted by atomic mass is 10.2. The van der Waals surface area contributed by atoms with Gasteiger partial charge in [0, 0.05) is 51.3 Å². The molecule has 1 fully saturated rings. The van der Waals surface area contributed by atoms with E-state index >= 15 is 0 Å². The van der Waals surface area contributed by atoms with E-state index in [9.17, 15) is 0 Å². The van der Waals surface area contributed by atoms with Crippen molar-refractivity contribution in [1.29, 1.82) is 0 Å². The maximum atomic E-state index is 5.43. The van der Waals surface area contributed by atoms with Gasteiger partial charge in [0.1, 0.15) is 12.1 Å². The van der Waals surface area contributed by atoms with Gasteiger partial charge in [0.25, 0.3) is 0 Å². The van der Waals surface area contributed by atoms with Crippen molar-refractivity contribution >= 4 is 16.7 Å². The minimum absolute atomic E-state index is 0.680. The first-order valence-electron chi connectivity index (χ1n) is 8.09. The summed E-state index contributed by atoms with van der Waals surface area (Å²) in [7, 11) is 5.01. The summed E-state index contributed by atoms with van der Waals surface area (Å²) in [6, 6.07) is 3.86. The number of hydrogen-bond acceptors (Lipinski definition) is 7. The van der Waals surface area contributed by atoms with Crippen LogP contribution in [0.25, 0.3) is 10.9 Å². The molecule has 1 aliphatic heterocycles. The highest BCUT2D eigenvalue weighted by atomic mass is 16.5. The quantitative estimate of drug-likeness (QED) is 0.793. The number of benzene rings is 1. The van der Waals surface area contributed by atoms with E-state index in [1.165, 1.54) is 0 Å². The van der Waals surface area contributed by atoms with E-state index in [0.717, 1.165) is 56.1 Å². The summed E-state index contributed by atoms with van der Waals surface area (Å²) in [5.74, 6) is 2.33. The minimum Gasteiger partial charge on any atom is -0.493 e. The number of rotatable bonds is 6. The largest absolute Gasteiger partial charge is 0.493 e. The van der Waals surface area contributed by atoms with E-state index in [0.29, 0.717) is 11.5 Å². The Bertz CT molecular complexity index is 687. The monoisotopic (exact) mass is 332 g/mol. The first-order valence-corrected chi connectivity index (χ1v) is 8.09. The molecule has 24 heavy (non-hydrogen) atoms. The van der Waals surface area contributed by atoms with Gasteiger partial charge in [-0.05, 0) is 6.07 Å². The first-order chi connectivity index (χ1) is 11.8. The van der Waals surface area contributed by atoms with Crippen LogP contribution < -0.4 is 14.4 Å². The summed E-state index contributed by atoms with van der Waals surface area (Å²) < 4.78 is 15.9. The zero-order valence-electron chi connectivity index (χ0n) is 14.5. The molecule has 0 atom stereocenters. The summed E-state index contributed by atoms with van der Waals surface area (Å²) in [4.78, 5) is 13.6. The first kappa shape index (κ1) is 16.7. The van der Waals surface area contributed by atoms with Crippen LogP contribution in [0.15, 0.2) is 18.5 Å². The van der Waals surface area contributed by atoms with Crippen molar-refractivity contribution in [3.8, 4) is 11.5 Å². The second-order valence-electron chi connectivity index (χ2n) is 5.74. The number of methoxy groups -OCH3 is 3. The van der Waals surface area contributed by atoms with Crippen LogP contribution in [-0.2, 0) is 4.74 Å². The number of piperazine rings is 1. The lowest BCUT2D eigenvalue weighted by Gasteiger charge is -2.35. The van der Waals surface area contributed by atoms with Gasteiger partial charge in [0.15, 0.2) is 11.5 Å². The van der Waals surface area contributed by atoms with Gasteiger partial charge in [-0.1, -0.05) is 0 Å². The number of anilines is 1. The van der Waals surface area contributed by atoms with Gasteiger partial charge in [-0.25, -0.2) is 9.97 Å². The van der Waals surface area contributed by atoms with Crippen LogP contribution in [0.4, 0.5) is 5.82 Å². The maximum absolute atomic E-state index is 5.43. The minimum atomic E-state index is 0.680. The van der Waals surface area contributed by atoms with Crippen LogP contribution >= 0.6 is 0 Å². The zero-order chi connectivity index (χ0) is 16.9. The highest BCUT2D eigenvalue weighted by Crippen LogP contribution is 2.34. The summed E-state index contributed by atoms with van der Waals surface area (Å²) in [5.41, 5.74) is 0.861. The summed E-state index contributed by atoms with van der Waals surface area (Å²) in [6.07, 6.45) is 1.61. The average Bonchev–Trinajstić information content (AvgIpc) is 2.65. The van der Waals surface area contributed by atoms with E-state index in [1.807, 2.05) is 12.1 Å². The molecular weight excluding hydrogens is 308 g/mol. The van der Waals surface area contributed by atoms with Crippen molar-refractivity contribution in [2.45, 2.75) is 0 Å². The topological polar surface area (TPSA) is 60.0 Å². The molecule has 3 rings (SSSR count). The second-order valence-corrected chi connectivity index (χ2v) is 5.74. The lowest BCUT2D eigenvalue weighted by molar-refractivity contribution is 0.144. The van der Waals surface area contributed by atoms with Crippen molar-refractivity contribution in [2.24, 2.45) is 0 Å². The van der Waals surface area contributed by atoms with Crippen molar-refractivity contribution in [3.05, 3.63) is 18.5 Å². The fourth-order valence-corrected chi connectivity index (χ4v) is 3.03. The molecule has 0 unspecified atom stereocenters. The molecule has 0 bridgehead atoms. The van der Waals surface area contributed by atoms with E-state index < -0.39 is 0 Å². The lowest BCUT2D eigenvalue weighted by Crippen LogP contribution is -2.47. The van der Waals surface area contributed by atoms with Crippen molar-refractivity contribution in [2.75, 3.05) is 65.6 Å². The van der Waals surface area contributed by atoms with Crippen molar-refractivity contribution in [1.82, 2.24) is 14.9 Å². The van der Waals surface area contributed by atoms with Gasteiger partial charge in [-0.15, -0.1) is 0 Å². The predicted molar refractivity (Wildman–Crippen MR) is 93.2 cm³/mol. The molecule has 7 heteroatoms. The van der Waals surface area contributed by atoms with Crippen LogP contribution in [0.1, 0.15) is 0 Å². The third kappa shape index (κ3) is 3.37. The van der Waals surface area contributed by atoms with E-state index in [2.05, 4.69) is 19.8 Å². The second kappa shape index (κ2) is 7.63. The van der Waals surface area contributed by atoms with Crippen LogP contribution in [0.3, 0.4) is 0 Å². The van der Waals surface area contributed by atoms with E-state index in [4.69, 9.17) is 14.2 Å². The average molecular weight is 332 g/mol. The molecule has 1 aromatic heterocycles. The fourth-order valence-electron chi connectivity index (χ4n) is 3.03. The Balaban J connectivity index is 1.85. The van der Waals surface area contributed by atoms with Crippen LogP contribution in [0, 0.1) is 0 Å². The van der Waals surface area contributed by atoms with Crippen molar-refractivity contribution in [3.63, 3.8) is 0 Å². The predicted octanol–water partition coefficient (Wildman–Crippen LogP) is 1.42. The van der Waals surface area contributed by atoms with Gasteiger partial charge >= 0.3 is 0 Å². The third-order valence-electron chi connectivity index (χ3n) is 4.40. The number of hydrogen-bond donors (Lipinski definition) is 0. The van der Waals surface area contributed by atoms with Gasteiger partial charge in [-0.3, -0.25) is 4.90 Å². The summed E-state index contributed by atoms with van der Waals surface area (Å²) in [5, 5.41) is 0.987. The van der Waals surface area contributed by atoms with Gasteiger partial charge in [-0.2, -0.15) is 0 Å². The third-order valence-corrected chi connectivity index (χ3v) is 4.40. The number of ether oxygens (including phenoxy) is 3. The number of fused-ring (bicyclic) bond motifs is 1. The molecule has 7 nitrogen and oxygen atoms in total. The number of nitrogens with zero attached hydrogens (tertiary/aromatic N) is 4. The molecule has 2 heterocycles. The molecule has 2 aromatic rings. The molecule has 0 spiro atoms. The Morgan fingerprint density at radius 2 is 1.67 bits per heavy atom. The van der Waals surface area contributed by atoms with Crippen LogP contribution in [-0.4, -0.2) is 75.5 Å². The Kier molecular flexibility index (Phi) is 5.32. The maximum Gasteiger partial charge on any atom is 0.162 e. The highest BCUT2D eigenvalue weighted by molar-refractivity contribution is 5.92. The SMILES string of the molecule is COCCN1CCN(c2ncnc3cc(OC)c(OC)cc23)CC1. The normalized spacial score (nSPS) is 15.7. The molecule has 0 saturated carbocycles. The summed E-state index contributed by atoms with van der Waals surface area (Å²) >= 11 is 0. The van der Waals surface area contributed by atoms with E-state index in [1.54, 1.807) is 27.7 Å². The molecule has 130 valence electrons. The fraction of sp³-hybridized carbons (Fsp3) is 0.529. The molecule has 1 aromatic carbocycles. The molecule has 0 amide bonds. The molecule has 0 N–H and O–H groups in total. The van der Waals surface area contributed by atoms with E-state index in [-0.39, 0.29) is 0 Å². The highest BCUT2D eigenvalue weighted by Gasteiger charge is 2.20. The van der Waals surface area contributed by atoms with Crippen LogP contribution in [0.5, 0.6) is 11.5 Å². The zero-order valence-corrected chi connectivity index (χ0v) is 14.5. The molecule has 0 aliphatic carbocycles. The molecule has 1 saturated heterocycles. The Morgan fingerprint density at radius 3 is 2.33 bits per heavy atom. The molecular formula is C17H24N4O3. The van der Waals surface area contributed by atoms with Gasteiger partial charge < -0.3 is 19.1 Å². The summed E-state index contributed by atoms with van der Waals surface area (Å²) in [6.45, 7) is 5.62. The smallest absolute Gasteiger partial charge is 0.162 e. The molecule has 1 aliphatic rings. The Morgan fingerprint density at radius 1 is 0.958 bits per heavy atom. The van der Waals surface area contributed by atoms with Gasteiger partial charge in [0.05, 0.1) is 26.3 Å². The standard InChI is InChI=1S/C17H24N4O3/c1-22-9-8-20-4-6-21(7-5-20)17-13-10-15(23-2)16(24-3)11-14(13)18-12-19-17/h10-12H,4-9H2,1-3H3. The van der Waals surface area contributed by atoms with Gasteiger partial charge in [0.2, 0.25) is 0 Å². The van der Waals surface area contributed by atoms with Crippen molar-refractivity contribution < 1.29 is 14.2 Å². The number of aromatic nitrogens is 2. The molecule has 0 radical (unpaired) electrons.